The molecule has 0 bridgehead atoms. The Morgan fingerprint density at radius 3 is 2.74 bits per heavy atom. The van der Waals surface area contributed by atoms with Crippen molar-refractivity contribution >= 4 is 11.0 Å². The van der Waals surface area contributed by atoms with Crippen molar-refractivity contribution in [3.05, 3.63) is 54.4 Å². The Hall–Kier alpha value is -2.81. The Labute approximate surface area is 182 Å². The van der Waals surface area contributed by atoms with Gasteiger partial charge in [-0.1, -0.05) is 6.07 Å². The van der Waals surface area contributed by atoms with Crippen molar-refractivity contribution < 1.29 is 14.6 Å². The molecule has 2 N–H and O–H groups in total. The number of hydrogen-bond acceptors (Lipinski definition) is 8. The van der Waals surface area contributed by atoms with Crippen molar-refractivity contribution in [2.24, 2.45) is 0 Å². The summed E-state index contributed by atoms with van der Waals surface area (Å²) in [7, 11) is 1.59. The molecule has 0 radical (unpaired) electrons. The number of β-amino-alcohol motifs (C(OH)–C–C–N with tert-alkyl or cyclic N) is 1. The maximum absolute atomic E-state index is 10.9. The second-order valence-corrected chi connectivity index (χ2v) is 7.68. The van der Waals surface area contributed by atoms with Crippen molar-refractivity contribution in [2.45, 2.75) is 25.0 Å². The first-order valence-corrected chi connectivity index (χ1v) is 10.7. The molecule has 3 aromatic rings. The van der Waals surface area contributed by atoms with Crippen molar-refractivity contribution in [1.29, 1.82) is 0 Å². The lowest BCUT2D eigenvalue weighted by atomic mass is 10.0. The number of aliphatic hydroxyl groups is 1. The number of aromatic nitrogens is 3. The van der Waals surface area contributed by atoms with Gasteiger partial charge < -0.3 is 24.8 Å². The van der Waals surface area contributed by atoms with Crippen LogP contribution in [0.1, 0.15) is 24.5 Å². The molecule has 3 aromatic heterocycles. The van der Waals surface area contributed by atoms with Gasteiger partial charge in [-0.05, 0) is 44.1 Å². The number of methoxy groups -OCH3 is 1. The predicted molar refractivity (Wildman–Crippen MR) is 118 cm³/mol. The van der Waals surface area contributed by atoms with Crippen molar-refractivity contribution in [3.8, 4) is 11.8 Å². The number of hydrogen-bond donors (Lipinski definition) is 2. The third kappa shape index (κ3) is 5.66. The molecule has 164 valence electrons. The summed E-state index contributed by atoms with van der Waals surface area (Å²) in [5.41, 5.74) is 2.24. The molecule has 0 amide bonds. The van der Waals surface area contributed by atoms with E-state index < -0.39 is 6.10 Å². The third-order valence-electron chi connectivity index (χ3n) is 5.60. The zero-order chi connectivity index (χ0) is 21.5. The first-order chi connectivity index (χ1) is 15.2. The molecule has 0 aromatic carbocycles. The molecule has 1 saturated heterocycles. The van der Waals surface area contributed by atoms with Gasteiger partial charge in [0.15, 0.2) is 0 Å². The Kier molecular flexibility index (Phi) is 7.24. The highest BCUT2D eigenvalue weighted by Crippen LogP contribution is 2.25. The van der Waals surface area contributed by atoms with E-state index in [-0.39, 0.29) is 0 Å². The third-order valence-corrected chi connectivity index (χ3v) is 5.60. The molecule has 4 rings (SSSR count). The van der Waals surface area contributed by atoms with Gasteiger partial charge in [0.1, 0.15) is 6.61 Å². The Balaban J connectivity index is 1.24. The fourth-order valence-electron chi connectivity index (χ4n) is 3.92. The minimum Gasteiger partial charge on any atom is -0.481 e. The van der Waals surface area contributed by atoms with Crippen LogP contribution >= 0.6 is 0 Å². The van der Waals surface area contributed by atoms with Gasteiger partial charge in [0, 0.05) is 49.2 Å². The van der Waals surface area contributed by atoms with E-state index in [0.29, 0.717) is 36.5 Å². The standard InChI is InChI=1S/C23H29N5O3/c1-30-22-6-5-19-23(27-22)18(7-11-25-19)20(29)16-28-13-8-17(9-14-28)24-12-15-31-21-4-2-3-10-26-21/h2-7,10-11,17,20,24,29H,8-9,12-16H2,1H3. The van der Waals surface area contributed by atoms with Gasteiger partial charge in [0.25, 0.3) is 0 Å². The van der Waals surface area contributed by atoms with Gasteiger partial charge in [-0.15, -0.1) is 0 Å². The molecular formula is C23H29N5O3. The Bertz CT molecular complexity index is 964. The summed E-state index contributed by atoms with van der Waals surface area (Å²) in [4.78, 5) is 15.3. The van der Waals surface area contributed by atoms with Gasteiger partial charge in [-0.25, -0.2) is 9.97 Å². The van der Waals surface area contributed by atoms with Gasteiger partial charge in [-0.3, -0.25) is 4.98 Å². The smallest absolute Gasteiger partial charge is 0.213 e. The van der Waals surface area contributed by atoms with Gasteiger partial charge >= 0.3 is 0 Å². The van der Waals surface area contributed by atoms with Crippen LogP contribution in [0.3, 0.4) is 0 Å². The van der Waals surface area contributed by atoms with E-state index in [1.165, 1.54) is 0 Å². The molecule has 4 heterocycles. The minimum absolute atomic E-state index is 0.466. The maximum Gasteiger partial charge on any atom is 0.213 e. The number of piperidine rings is 1. The zero-order valence-corrected chi connectivity index (χ0v) is 17.8. The van der Waals surface area contributed by atoms with Crippen LogP contribution in [0.4, 0.5) is 0 Å². The molecule has 0 saturated carbocycles. The summed E-state index contributed by atoms with van der Waals surface area (Å²) in [6.07, 6.45) is 4.91. The van der Waals surface area contributed by atoms with Crippen LogP contribution in [0.15, 0.2) is 48.8 Å². The average molecular weight is 424 g/mol. The van der Waals surface area contributed by atoms with Gasteiger partial charge in [0.2, 0.25) is 11.8 Å². The molecule has 8 nitrogen and oxygen atoms in total. The van der Waals surface area contributed by atoms with Crippen LogP contribution in [-0.4, -0.2) is 70.9 Å². The number of rotatable bonds is 9. The SMILES string of the molecule is COc1ccc2nccc(C(O)CN3CCC(NCCOc4ccccn4)CC3)c2n1. The lowest BCUT2D eigenvalue weighted by Gasteiger charge is -2.33. The summed E-state index contributed by atoms with van der Waals surface area (Å²) < 4.78 is 10.9. The van der Waals surface area contributed by atoms with Gasteiger partial charge in [0.05, 0.1) is 24.2 Å². The van der Waals surface area contributed by atoms with E-state index in [9.17, 15) is 5.11 Å². The second kappa shape index (κ2) is 10.5. The lowest BCUT2D eigenvalue weighted by Crippen LogP contribution is -2.44. The van der Waals surface area contributed by atoms with E-state index in [1.807, 2.05) is 30.3 Å². The highest BCUT2D eigenvalue weighted by atomic mass is 16.5. The molecule has 0 aliphatic carbocycles. The molecule has 31 heavy (non-hydrogen) atoms. The topological polar surface area (TPSA) is 92.6 Å². The monoisotopic (exact) mass is 423 g/mol. The Morgan fingerprint density at radius 2 is 1.97 bits per heavy atom. The number of nitrogens with one attached hydrogen (secondary N) is 1. The summed E-state index contributed by atoms with van der Waals surface area (Å²) in [5, 5.41) is 14.5. The Morgan fingerprint density at radius 1 is 1.10 bits per heavy atom. The number of likely N-dealkylation sites (tertiary alicyclic amines) is 1. The van der Waals surface area contributed by atoms with E-state index in [2.05, 4.69) is 25.2 Å². The first-order valence-electron chi connectivity index (χ1n) is 10.7. The van der Waals surface area contributed by atoms with E-state index >= 15 is 0 Å². The highest BCUT2D eigenvalue weighted by molar-refractivity contribution is 5.78. The van der Waals surface area contributed by atoms with Crippen LogP contribution < -0.4 is 14.8 Å². The van der Waals surface area contributed by atoms with Crippen molar-refractivity contribution in [1.82, 2.24) is 25.2 Å². The minimum atomic E-state index is -0.624. The van der Waals surface area contributed by atoms with Crippen LogP contribution in [0.2, 0.25) is 0 Å². The van der Waals surface area contributed by atoms with Crippen molar-refractivity contribution in [2.75, 3.05) is 39.9 Å². The molecule has 1 atom stereocenters. The quantitative estimate of drug-likeness (QED) is 0.506. The zero-order valence-electron chi connectivity index (χ0n) is 17.8. The normalized spacial score (nSPS) is 16.3. The molecule has 0 spiro atoms. The lowest BCUT2D eigenvalue weighted by molar-refractivity contribution is 0.0944. The average Bonchev–Trinajstić information content (AvgIpc) is 2.82. The van der Waals surface area contributed by atoms with Crippen LogP contribution in [0, 0.1) is 0 Å². The number of aliphatic hydroxyl groups excluding tert-OH is 1. The largest absolute Gasteiger partial charge is 0.481 e. The second-order valence-electron chi connectivity index (χ2n) is 7.68. The summed E-state index contributed by atoms with van der Waals surface area (Å²) >= 11 is 0. The summed E-state index contributed by atoms with van der Waals surface area (Å²) in [6, 6.07) is 11.6. The van der Waals surface area contributed by atoms with Gasteiger partial charge in [-0.2, -0.15) is 0 Å². The van der Waals surface area contributed by atoms with Crippen molar-refractivity contribution in [3.63, 3.8) is 0 Å². The molecular weight excluding hydrogens is 394 g/mol. The molecule has 1 unspecified atom stereocenters. The molecule has 1 aliphatic heterocycles. The molecule has 8 heteroatoms. The van der Waals surface area contributed by atoms with Crippen LogP contribution in [0.5, 0.6) is 11.8 Å². The van der Waals surface area contributed by atoms with Crippen LogP contribution in [-0.2, 0) is 0 Å². The first kappa shape index (κ1) is 21.4. The fourth-order valence-corrected chi connectivity index (χ4v) is 3.92. The van der Waals surface area contributed by atoms with Crippen LogP contribution in [0.25, 0.3) is 11.0 Å². The number of pyridine rings is 3. The van der Waals surface area contributed by atoms with E-state index in [4.69, 9.17) is 9.47 Å². The molecule has 1 aliphatic rings. The van der Waals surface area contributed by atoms with E-state index in [0.717, 1.165) is 43.6 Å². The summed E-state index contributed by atoms with van der Waals surface area (Å²) in [5.74, 6) is 1.18. The highest BCUT2D eigenvalue weighted by Gasteiger charge is 2.22. The predicted octanol–water partition coefficient (Wildman–Crippen LogP) is 2.20. The number of ether oxygens (including phenoxy) is 2. The number of nitrogens with zero attached hydrogens (tertiary/aromatic N) is 4. The summed E-state index contributed by atoms with van der Waals surface area (Å²) in [6.45, 7) is 3.85. The maximum atomic E-state index is 10.9. The van der Waals surface area contributed by atoms with E-state index in [1.54, 1.807) is 25.6 Å². The fraction of sp³-hybridized carbons (Fsp3) is 0.435. The molecule has 1 fully saturated rings. The number of fused-ring (bicyclic) bond motifs is 1.